The first-order chi connectivity index (χ1) is 9.91. The van der Waals surface area contributed by atoms with Crippen LogP contribution in [0.4, 0.5) is 0 Å². The number of halogens is 1. The molecule has 0 radical (unpaired) electrons. The summed E-state index contributed by atoms with van der Waals surface area (Å²) in [4.78, 5) is 0. The molecule has 0 aliphatic heterocycles. The molecular formula is C18H28ClNO. The molecule has 1 N–H and O–H groups in total. The van der Waals surface area contributed by atoms with Crippen LogP contribution in [0.1, 0.15) is 45.1 Å². The second-order valence-electron chi connectivity index (χ2n) is 7.11. The van der Waals surface area contributed by atoms with E-state index in [0.29, 0.717) is 11.5 Å². The Kier molecular flexibility index (Phi) is 5.34. The van der Waals surface area contributed by atoms with E-state index in [4.69, 9.17) is 16.3 Å². The lowest BCUT2D eigenvalue weighted by Crippen LogP contribution is -2.54. The number of benzene rings is 1. The van der Waals surface area contributed by atoms with Gasteiger partial charge in [-0.3, -0.25) is 0 Å². The molecule has 0 bridgehead atoms. The Morgan fingerprint density at radius 2 is 1.90 bits per heavy atom. The van der Waals surface area contributed by atoms with Gasteiger partial charge in [-0.15, -0.1) is 0 Å². The molecule has 1 aromatic carbocycles. The van der Waals surface area contributed by atoms with Crippen molar-refractivity contribution in [3.63, 3.8) is 0 Å². The quantitative estimate of drug-likeness (QED) is 0.867. The fourth-order valence-corrected chi connectivity index (χ4v) is 3.71. The van der Waals surface area contributed by atoms with Crippen molar-refractivity contribution >= 4 is 11.6 Å². The van der Waals surface area contributed by atoms with Gasteiger partial charge in [0.15, 0.2) is 0 Å². The summed E-state index contributed by atoms with van der Waals surface area (Å²) in [5.41, 5.74) is 1.64. The Balaban J connectivity index is 2.14. The Labute approximate surface area is 134 Å². The molecule has 2 rings (SSSR count). The molecule has 1 aromatic rings. The number of likely N-dealkylation sites (N-methyl/N-ethyl adjacent to an activating group) is 1. The number of methoxy groups -OCH3 is 1. The largest absolute Gasteiger partial charge is 0.377 e. The van der Waals surface area contributed by atoms with Crippen LogP contribution >= 0.6 is 11.6 Å². The van der Waals surface area contributed by atoms with E-state index in [1.54, 1.807) is 0 Å². The maximum atomic E-state index is 6.11. The molecule has 118 valence electrons. The molecule has 3 heteroatoms. The minimum absolute atomic E-state index is 0.0629. The first-order valence-electron chi connectivity index (χ1n) is 7.88. The highest BCUT2D eigenvalue weighted by Crippen LogP contribution is 2.43. The van der Waals surface area contributed by atoms with Crippen molar-refractivity contribution in [3.8, 4) is 0 Å². The summed E-state index contributed by atoms with van der Waals surface area (Å²) in [5.74, 6) is 0. The summed E-state index contributed by atoms with van der Waals surface area (Å²) in [6.45, 7) is 4.72. The molecule has 1 aliphatic carbocycles. The second kappa shape index (κ2) is 6.68. The third-order valence-corrected chi connectivity index (χ3v) is 5.40. The summed E-state index contributed by atoms with van der Waals surface area (Å²) in [7, 11) is 3.90. The molecular weight excluding hydrogens is 282 g/mol. The molecule has 1 aliphatic rings. The number of rotatable bonds is 5. The number of hydrogen-bond donors (Lipinski definition) is 1. The maximum Gasteiger partial charge on any atom is 0.0834 e. The fraction of sp³-hybridized carbons (Fsp3) is 0.667. The van der Waals surface area contributed by atoms with Gasteiger partial charge in [0.25, 0.3) is 0 Å². The summed E-state index contributed by atoms with van der Waals surface area (Å²) in [6, 6.07) is 8.47. The molecule has 0 spiro atoms. The van der Waals surface area contributed by atoms with Crippen molar-refractivity contribution in [3.05, 3.63) is 34.9 Å². The number of hydrogen-bond acceptors (Lipinski definition) is 2. The van der Waals surface area contributed by atoms with Gasteiger partial charge in [-0.1, -0.05) is 37.6 Å². The summed E-state index contributed by atoms with van der Waals surface area (Å²) >= 11 is 6.11. The van der Waals surface area contributed by atoms with Crippen molar-refractivity contribution in [2.75, 3.05) is 14.2 Å². The van der Waals surface area contributed by atoms with Crippen molar-refractivity contribution in [1.29, 1.82) is 0 Å². The predicted octanol–water partition coefficient (Wildman–Crippen LogP) is 4.46. The van der Waals surface area contributed by atoms with Crippen LogP contribution in [0.3, 0.4) is 0 Å². The van der Waals surface area contributed by atoms with Crippen LogP contribution in [0.15, 0.2) is 24.3 Å². The SMILES string of the molecule is CNC(Cc1cccc(Cl)c1)C1(OC)CCC(C)(C)CC1. The summed E-state index contributed by atoms with van der Waals surface area (Å²) < 4.78 is 6.03. The predicted molar refractivity (Wildman–Crippen MR) is 90.0 cm³/mol. The average molecular weight is 310 g/mol. The van der Waals surface area contributed by atoms with Crippen molar-refractivity contribution in [2.45, 2.75) is 57.6 Å². The second-order valence-corrected chi connectivity index (χ2v) is 7.54. The van der Waals surface area contributed by atoms with E-state index in [1.807, 2.05) is 26.3 Å². The van der Waals surface area contributed by atoms with E-state index in [2.05, 4.69) is 31.3 Å². The standard InChI is InChI=1S/C18H28ClNO/c1-17(2)8-10-18(21-4,11-9-17)16(20-3)13-14-6-5-7-15(19)12-14/h5-7,12,16,20H,8-11,13H2,1-4H3. The van der Waals surface area contributed by atoms with Crippen molar-refractivity contribution in [2.24, 2.45) is 5.41 Å². The lowest BCUT2D eigenvalue weighted by atomic mass is 9.67. The third-order valence-electron chi connectivity index (χ3n) is 5.17. The maximum absolute atomic E-state index is 6.11. The summed E-state index contributed by atoms with van der Waals surface area (Å²) in [5, 5.41) is 4.29. The topological polar surface area (TPSA) is 21.3 Å². The minimum atomic E-state index is -0.0629. The van der Waals surface area contributed by atoms with Crippen molar-refractivity contribution < 1.29 is 4.74 Å². The van der Waals surface area contributed by atoms with E-state index in [9.17, 15) is 0 Å². The molecule has 21 heavy (non-hydrogen) atoms. The molecule has 0 amide bonds. The first kappa shape index (κ1) is 16.8. The molecule has 0 heterocycles. The van der Waals surface area contributed by atoms with Gasteiger partial charge in [0.1, 0.15) is 0 Å². The average Bonchev–Trinajstić information content (AvgIpc) is 2.46. The van der Waals surface area contributed by atoms with Gasteiger partial charge >= 0.3 is 0 Å². The lowest BCUT2D eigenvalue weighted by Gasteiger charge is -2.47. The zero-order chi connectivity index (χ0) is 15.5. The Bertz CT molecular complexity index is 462. The van der Waals surface area contributed by atoms with E-state index in [1.165, 1.54) is 18.4 Å². The molecule has 1 unspecified atom stereocenters. The van der Waals surface area contributed by atoms with Gasteiger partial charge in [-0.2, -0.15) is 0 Å². The highest BCUT2D eigenvalue weighted by Gasteiger charge is 2.43. The van der Waals surface area contributed by atoms with Crippen LogP contribution in [-0.2, 0) is 11.2 Å². The smallest absolute Gasteiger partial charge is 0.0834 e. The Hall–Kier alpha value is -0.570. The monoisotopic (exact) mass is 309 g/mol. The van der Waals surface area contributed by atoms with Gasteiger partial charge in [0.2, 0.25) is 0 Å². The molecule has 1 saturated carbocycles. The highest BCUT2D eigenvalue weighted by molar-refractivity contribution is 6.30. The van der Waals surface area contributed by atoms with E-state index >= 15 is 0 Å². The van der Waals surface area contributed by atoms with Crippen LogP contribution in [0.25, 0.3) is 0 Å². The normalized spacial score (nSPS) is 22.0. The van der Waals surface area contributed by atoms with Crippen LogP contribution in [0.2, 0.25) is 5.02 Å². The zero-order valence-corrected chi connectivity index (χ0v) is 14.5. The fourth-order valence-electron chi connectivity index (χ4n) is 3.50. The number of nitrogens with one attached hydrogen (secondary N) is 1. The molecule has 0 saturated heterocycles. The van der Waals surface area contributed by atoms with Crippen LogP contribution in [0, 0.1) is 5.41 Å². The Morgan fingerprint density at radius 1 is 1.24 bits per heavy atom. The molecule has 2 nitrogen and oxygen atoms in total. The van der Waals surface area contributed by atoms with E-state index in [0.717, 1.165) is 24.3 Å². The zero-order valence-electron chi connectivity index (χ0n) is 13.7. The van der Waals surface area contributed by atoms with Crippen LogP contribution in [0.5, 0.6) is 0 Å². The minimum Gasteiger partial charge on any atom is -0.377 e. The van der Waals surface area contributed by atoms with Gasteiger partial charge in [-0.25, -0.2) is 0 Å². The van der Waals surface area contributed by atoms with Crippen LogP contribution in [-0.4, -0.2) is 25.8 Å². The van der Waals surface area contributed by atoms with E-state index < -0.39 is 0 Å². The third kappa shape index (κ3) is 4.00. The van der Waals surface area contributed by atoms with Gasteiger partial charge in [0.05, 0.1) is 5.60 Å². The molecule has 1 atom stereocenters. The molecule has 1 fully saturated rings. The Morgan fingerprint density at radius 3 is 2.43 bits per heavy atom. The highest BCUT2D eigenvalue weighted by atomic mass is 35.5. The first-order valence-corrected chi connectivity index (χ1v) is 8.25. The van der Waals surface area contributed by atoms with Gasteiger partial charge in [0, 0.05) is 18.2 Å². The molecule has 0 aromatic heterocycles. The van der Waals surface area contributed by atoms with Gasteiger partial charge < -0.3 is 10.1 Å². The van der Waals surface area contributed by atoms with Crippen LogP contribution < -0.4 is 5.32 Å². The van der Waals surface area contributed by atoms with Gasteiger partial charge in [-0.05, 0) is 62.3 Å². The van der Waals surface area contributed by atoms with E-state index in [-0.39, 0.29) is 5.60 Å². The number of ether oxygens (including phenoxy) is 1. The summed E-state index contributed by atoms with van der Waals surface area (Å²) in [6.07, 6.45) is 5.61. The van der Waals surface area contributed by atoms with Crippen molar-refractivity contribution in [1.82, 2.24) is 5.32 Å². The lowest BCUT2D eigenvalue weighted by molar-refractivity contribution is -0.0847.